The van der Waals surface area contributed by atoms with Crippen LogP contribution in [0.15, 0.2) is 240 Å². The highest BCUT2D eigenvalue weighted by Gasteiger charge is 2.25. The number of piperidine rings is 1. The molecule has 18 rings (SSSR count). The highest BCUT2D eigenvalue weighted by Crippen LogP contribution is 2.35. The fourth-order valence-corrected chi connectivity index (χ4v) is 16.6. The summed E-state index contributed by atoms with van der Waals surface area (Å²) in [5.74, 6) is -1.76. The molecule has 0 saturated carbocycles. The molecule has 0 radical (unpaired) electrons. The Morgan fingerprint density at radius 1 is 0.336 bits per heavy atom. The van der Waals surface area contributed by atoms with Crippen LogP contribution in [-0.2, 0) is 50.6 Å². The number of aromatic amines is 4. The predicted octanol–water partition coefficient (Wildman–Crippen LogP) is 11.7. The van der Waals surface area contributed by atoms with Gasteiger partial charge in [-0.1, -0.05) is 24.3 Å². The van der Waals surface area contributed by atoms with Crippen molar-refractivity contribution in [3.8, 4) is 44.5 Å². The maximum absolute atomic E-state index is 12.9. The molecule has 43 heteroatoms. The van der Waals surface area contributed by atoms with Crippen molar-refractivity contribution in [2.24, 2.45) is 0 Å². The number of pyridine rings is 8. The molecule has 2 saturated heterocycles. The zero-order chi connectivity index (χ0) is 94.8. The third kappa shape index (κ3) is 22.9. The Hall–Kier alpha value is -15.6. The molecule has 686 valence electrons. The molecule has 39 nitrogen and oxygen atoms in total. The van der Waals surface area contributed by atoms with Gasteiger partial charge in [0.15, 0.2) is 82.2 Å². The van der Waals surface area contributed by atoms with Crippen LogP contribution in [0.3, 0.4) is 0 Å². The monoisotopic (exact) mass is 1880 g/mol. The lowest BCUT2D eigenvalue weighted by molar-refractivity contribution is 0.101. The average Bonchev–Trinajstić information content (AvgIpc) is 1.66. The molecular weight excluding hydrogens is 1800 g/mol. The number of morpholine rings is 1. The van der Waals surface area contributed by atoms with Crippen LogP contribution in [-0.4, -0.2) is 246 Å². The van der Waals surface area contributed by atoms with E-state index in [1.165, 1.54) is 97.5 Å². The molecule has 0 unspecified atom stereocenters. The number of hydrogen-bond acceptors (Lipinski definition) is 29. The molecule has 2 aliphatic heterocycles. The molecule has 2 aliphatic rings. The van der Waals surface area contributed by atoms with Gasteiger partial charge in [-0.3, -0.25) is 59.5 Å². The number of nitrogens with one attached hydrogen (secondary N) is 9. The molecule has 0 aliphatic carbocycles. The highest BCUT2D eigenvalue weighted by atomic mass is 32.2. The number of nitrogens with zero attached hydrogens (tertiary/aromatic N) is 16. The molecule has 2 fully saturated rings. The Kier molecular flexibility index (Phi) is 27.8. The second-order valence-electron chi connectivity index (χ2n) is 31.9. The number of anilines is 7. The SMILES string of the molecule is CN(C)C(=O)Nc1cncc(-c2ccc3[nH]nc(C(=O)Nc4ccc(S(C)(=O)=O)nc4)c3c2)c1.CN(C)Cc1cncc(-c2ccc3[nH]nc(C(=O)Nc4ccc(S(C)(=O)=O)nc4)c3c2)c1.CS(=O)(=O)c1ccc(NC(=O)c2n[nH]c3ccc(-c4cncc(N5CCCCC5)c4)cc23)cn1.CS(=O)(=O)c1ccc(NC(=O)c2n[nH]c3ccc(-c4cncc(N5CCOCC5)c4)cc23)cn1. The van der Waals surface area contributed by atoms with Crippen molar-refractivity contribution < 1.29 is 62.4 Å². The molecule has 12 aromatic heterocycles. The van der Waals surface area contributed by atoms with E-state index in [1.54, 1.807) is 57.1 Å². The van der Waals surface area contributed by atoms with Crippen molar-refractivity contribution in [3.05, 3.63) is 248 Å². The first-order chi connectivity index (χ1) is 64.1. The molecule has 0 spiro atoms. The number of amides is 6. The zero-order valence-corrected chi connectivity index (χ0v) is 76.6. The first-order valence-corrected chi connectivity index (χ1v) is 49.0. The van der Waals surface area contributed by atoms with E-state index in [0.29, 0.717) is 68.7 Å². The van der Waals surface area contributed by atoms with Crippen molar-refractivity contribution in [2.45, 2.75) is 45.9 Å². The maximum Gasteiger partial charge on any atom is 0.321 e. The molecule has 4 aromatic carbocycles. The topological polar surface area (TPSA) is 522 Å². The number of aromatic nitrogens is 16. The number of fused-ring (bicyclic) bond motifs is 4. The van der Waals surface area contributed by atoms with E-state index >= 15 is 0 Å². The molecule has 16 aromatic rings. The minimum absolute atomic E-state index is 0.0549. The number of H-pyrrole nitrogens is 4. The van der Waals surface area contributed by atoms with E-state index in [-0.39, 0.29) is 48.9 Å². The Balaban J connectivity index is 0.000000136. The Labute approximate surface area is 768 Å². The number of sulfone groups is 4. The summed E-state index contributed by atoms with van der Waals surface area (Å²) in [5.41, 5.74) is 16.0. The normalized spacial score (nSPS) is 12.9. The smallest absolute Gasteiger partial charge is 0.321 e. The van der Waals surface area contributed by atoms with Gasteiger partial charge in [0, 0.05) is 147 Å². The van der Waals surface area contributed by atoms with Crippen LogP contribution in [0.25, 0.3) is 88.1 Å². The molecule has 9 N–H and O–H groups in total. The Morgan fingerprint density at radius 3 is 0.963 bits per heavy atom. The van der Waals surface area contributed by atoms with Crippen LogP contribution in [0.1, 0.15) is 66.8 Å². The summed E-state index contributed by atoms with van der Waals surface area (Å²) in [6.07, 6.45) is 27.3. The van der Waals surface area contributed by atoms with Crippen LogP contribution < -0.4 is 36.4 Å². The molecule has 6 amide bonds. The molecule has 134 heavy (non-hydrogen) atoms. The number of urea groups is 1. The summed E-state index contributed by atoms with van der Waals surface area (Å²) >= 11 is 0. The second-order valence-corrected chi connectivity index (χ2v) is 39.7. The molecule has 14 heterocycles. The largest absolute Gasteiger partial charge is 0.378 e. The van der Waals surface area contributed by atoms with Crippen molar-refractivity contribution in [1.82, 2.24) is 90.5 Å². The Morgan fingerprint density at radius 2 is 0.649 bits per heavy atom. The third-order valence-corrected chi connectivity index (χ3v) is 25.2. The lowest BCUT2D eigenvalue weighted by atomic mass is 10.0. The minimum atomic E-state index is -3.44. The maximum atomic E-state index is 12.9. The summed E-state index contributed by atoms with van der Waals surface area (Å²) in [4.78, 5) is 104. The van der Waals surface area contributed by atoms with Gasteiger partial charge in [-0.15, -0.1) is 0 Å². The summed E-state index contributed by atoms with van der Waals surface area (Å²) in [7, 11) is -6.39. The minimum Gasteiger partial charge on any atom is -0.378 e. The van der Waals surface area contributed by atoms with Gasteiger partial charge in [0.2, 0.25) is 0 Å². The van der Waals surface area contributed by atoms with E-state index in [2.05, 4.69) is 140 Å². The highest BCUT2D eigenvalue weighted by molar-refractivity contribution is 7.91. The lowest BCUT2D eigenvalue weighted by Crippen LogP contribution is -2.36. The Bertz CT molecular complexity index is 7380. The number of benzene rings is 4. The van der Waals surface area contributed by atoms with Crippen molar-refractivity contribution in [3.63, 3.8) is 0 Å². The van der Waals surface area contributed by atoms with Crippen LogP contribution in [0.4, 0.5) is 44.6 Å². The van der Waals surface area contributed by atoms with Gasteiger partial charge in [0.05, 0.1) is 118 Å². The number of carbonyl (C=O) groups is 5. The zero-order valence-electron chi connectivity index (χ0n) is 73.4. The third-order valence-electron chi connectivity index (χ3n) is 21.2. The predicted molar refractivity (Wildman–Crippen MR) is 508 cm³/mol. The van der Waals surface area contributed by atoms with Crippen LogP contribution in [0, 0.1) is 0 Å². The second kappa shape index (κ2) is 40.0. The van der Waals surface area contributed by atoms with Gasteiger partial charge in [-0.25, -0.2) is 58.4 Å². The standard InChI is InChI=1S/C24H24N6O3S.C23H22N6O4S.C22H21N7O4S.C22H22N6O3S/c1-34(32,33)22-8-6-18(14-26-22)27-24(31)23-20-12-16(5-7-21(20)28-29-23)17-11-19(15-25-13-17)30-9-3-2-4-10-30;1-34(31,32)21-5-3-17(13-25-21)26-23(30)22-19-11-15(2-4-20(19)27-28-22)16-10-18(14-24-12-16)29-6-8-33-9-7-29;1-29(2)22(31)26-16-8-14(10-23-11-16)13-4-6-18-17(9-13)20(28-27-18)21(30)25-15-5-7-19(24-12-15)34(3,32)33;1-28(2)13-14-8-16(11-23-10-14)15-4-6-19-18(9-15)21(27-26-19)22(29)25-17-5-7-20(24-12-17)32(3,30)31/h5-8,11-15H,2-4,9-10H2,1H3,(H,27,31)(H,28,29);2-5,10-14H,6-9H2,1H3,(H,26,30)(H,27,28);4-12H,1-3H3,(H,25,30)(H,26,31)(H,27,28);4-12H,13H2,1-3H3,(H,25,29)(H,26,27). The fourth-order valence-electron chi connectivity index (χ4n) is 14.4. The van der Waals surface area contributed by atoms with E-state index < -0.39 is 63.0 Å². The summed E-state index contributed by atoms with van der Waals surface area (Å²) in [5, 5.41) is 44.1. The quantitative estimate of drug-likeness (QED) is 0.0323. The van der Waals surface area contributed by atoms with E-state index in [0.717, 1.165) is 136 Å². The first kappa shape index (κ1) is 93.1. The van der Waals surface area contributed by atoms with Crippen LogP contribution in [0.2, 0.25) is 0 Å². The number of carbonyl (C=O) groups excluding carboxylic acids is 5. The van der Waals surface area contributed by atoms with Gasteiger partial charge in [-0.05, 0) is 183 Å². The summed E-state index contributed by atoms with van der Waals surface area (Å²) in [6.45, 7) is 5.86. The van der Waals surface area contributed by atoms with Gasteiger partial charge in [-0.2, -0.15) is 20.4 Å². The summed E-state index contributed by atoms with van der Waals surface area (Å²) in [6, 6.07) is 41.8. The average molecular weight is 1890 g/mol. The van der Waals surface area contributed by atoms with Crippen LogP contribution in [0.5, 0.6) is 0 Å². The van der Waals surface area contributed by atoms with Gasteiger partial charge >= 0.3 is 6.03 Å². The number of ether oxygens (including phenoxy) is 1. The number of hydrogen-bond donors (Lipinski definition) is 9. The first-order valence-electron chi connectivity index (χ1n) is 41.4. The molecular formula is C91H89N25O14S4. The lowest BCUT2D eigenvalue weighted by Gasteiger charge is -2.28. The van der Waals surface area contributed by atoms with Crippen molar-refractivity contribution >= 4 is 152 Å². The summed E-state index contributed by atoms with van der Waals surface area (Å²) < 4.78 is 98.0. The van der Waals surface area contributed by atoms with Gasteiger partial charge < -0.3 is 50.9 Å². The van der Waals surface area contributed by atoms with Crippen molar-refractivity contribution in [2.75, 3.05) is 129 Å². The van der Waals surface area contributed by atoms with Gasteiger partial charge in [0.25, 0.3) is 23.6 Å². The molecule has 0 bridgehead atoms. The fraction of sp³-hybridized carbons (Fsp3) is 0.198. The van der Waals surface area contributed by atoms with E-state index in [1.807, 2.05) is 99.5 Å². The van der Waals surface area contributed by atoms with E-state index in [4.69, 9.17) is 4.74 Å². The van der Waals surface area contributed by atoms with Crippen LogP contribution >= 0.6 is 0 Å². The van der Waals surface area contributed by atoms with Crippen molar-refractivity contribution in [1.29, 1.82) is 0 Å². The van der Waals surface area contributed by atoms with E-state index in [9.17, 15) is 57.6 Å². The molecule has 0 atom stereocenters. The van der Waals surface area contributed by atoms with Gasteiger partial charge in [0.1, 0.15) is 0 Å². The number of rotatable bonds is 21.